The first kappa shape index (κ1) is 10.5. The van der Waals surface area contributed by atoms with Crippen LogP contribution in [0.2, 0.25) is 0 Å². The minimum atomic E-state index is -0.356. The van der Waals surface area contributed by atoms with Crippen LogP contribution in [0.5, 0.6) is 0 Å². The van der Waals surface area contributed by atoms with Crippen LogP contribution in [0.4, 0.5) is 11.4 Å². The van der Waals surface area contributed by atoms with Gasteiger partial charge in [-0.15, -0.1) is 0 Å². The summed E-state index contributed by atoms with van der Waals surface area (Å²) in [5.41, 5.74) is 11.6. The van der Waals surface area contributed by atoms with Crippen LogP contribution >= 0.6 is 11.8 Å². The number of rotatable bonds is 2. The predicted molar refractivity (Wildman–Crippen MR) is 62.0 cm³/mol. The molecule has 0 aliphatic carbocycles. The zero-order chi connectivity index (χ0) is 11.5. The highest BCUT2D eigenvalue weighted by Gasteiger charge is 2.08. The van der Waals surface area contributed by atoms with E-state index in [4.69, 9.17) is 11.5 Å². The van der Waals surface area contributed by atoms with Crippen molar-refractivity contribution in [2.24, 2.45) is 0 Å². The van der Waals surface area contributed by atoms with Crippen molar-refractivity contribution in [3.05, 3.63) is 35.1 Å². The maximum absolute atomic E-state index is 11.2. The van der Waals surface area contributed by atoms with E-state index in [2.05, 4.69) is 15.0 Å². The highest BCUT2D eigenvalue weighted by Crippen LogP contribution is 2.31. The molecule has 5 N–H and O–H groups in total. The van der Waals surface area contributed by atoms with Gasteiger partial charge in [0.05, 0.1) is 18.2 Å². The Bertz CT molecular complexity index is 568. The molecule has 0 saturated carbocycles. The highest BCUT2D eigenvalue weighted by molar-refractivity contribution is 7.99. The van der Waals surface area contributed by atoms with Gasteiger partial charge in [0.15, 0.2) is 0 Å². The van der Waals surface area contributed by atoms with Gasteiger partial charge >= 0.3 is 0 Å². The molecular weight excluding hydrogens is 226 g/mol. The lowest BCUT2D eigenvalue weighted by atomic mass is 10.4. The van der Waals surface area contributed by atoms with Gasteiger partial charge in [-0.3, -0.25) is 9.78 Å². The van der Waals surface area contributed by atoms with Gasteiger partial charge in [0.1, 0.15) is 10.7 Å². The molecule has 0 spiro atoms. The predicted octanol–water partition coefficient (Wildman–Crippen LogP) is 0.480. The molecule has 0 aliphatic heterocycles. The summed E-state index contributed by atoms with van der Waals surface area (Å²) < 4.78 is 0. The van der Waals surface area contributed by atoms with E-state index in [0.717, 1.165) is 4.90 Å². The smallest absolute Gasteiger partial charge is 0.275 e. The number of nitrogens with one attached hydrogen (secondary N) is 1. The van der Waals surface area contributed by atoms with E-state index in [-0.39, 0.29) is 11.2 Å². The largest absolute Gasteiger partial charge is 0.397 e. The van der Waals surface area contributed by atoms with E-state index in [1.807, 2.05) is 0 Å². The van der Waals surface area contributed by atoms with Crippen LogP contribution in [0, 0.1) is 0 Å². The molecule has 0 aromatic carbocycles. The average Bonchev–Trinajstić information content (AvgIpc) is 2.28. The standard InChI is InChI=1S/C9H9N5OS/c10-5-3-12-2-1-6(5)16-9-7(11)8(15)13-4-14-9/h1-4H,10-11H2,(H,13,14,15). The topological polar surface area (TPSA) is 111 Å². The molecule has 2 heterocycles. The van der Waals surface area contributed by atoms with E-state index in [0.29, 0.717) is 10.7 Å². The average molecular weight is 235 g/mol. The molecule has 0 saturated heterocycles. The fraction of sp³-hybridized carbons (Fsp3) is 0. The summed E-state index contributed by atoms with van der Waals surface area (Å²) in [5.74, 6) is 0. The second-order valence-electron chi connectivity index (χ2n) is 2.97. The third-order valence-corrected chi connectivity index (χ3v) is 2.98. The van der Waals surface area contributed by atoms with Gasteiger partial charge in [-0.05, 0) is 6.07 Å². The maximum atomic E-state index is 11.2. The van der Waals surface area contributed by atoms with Gasteiger partial charge in [-0.25, -0.2) is 4.98 Å². The van der Waals surface area contributed by atoms with Crippen LogP contribution in [0.3, 0.4) is 0 Å². The van der Waals surface area contributed by atoms with Gasteiger partial charge in [0.25, 0.3) is 5.56 Å². The monoisotopic (exact) mass is 235 g/mol. The Morgan fingerprint density at radius 2 is 2.19 bits per heavy atom. The quantitative estimate of drug-likeness (QED) is 0.653. The minimum Gasteiger partial charge on any atom is -0.397 e. The zero-order valence-corrected chi connectivity index (χ0v) is 8.99. The molecule has 2 rings (SSSR count). The Morgan fingerprint density at radius 1 is 1.38 bits per heavy atom. The van der Waals surface area contributed by atoms with Crippen molar-refractivity contribution >= 4 is 23.1 Å². The number of hydrogen-bond donors (Lipinski definition) is 3. The van der Waals surface area contributed by atoms with Gasteiger partial charge in [0, 0.05) is 11.1 Å². The maximum Gasteiger partial charge on any atom is 0.275 e. The molecule has 0 radical (unpaired) electrons. The second-order valence-corrected chi connectivity index (χ2v) is 4.00. The van der Waals surface area contributed by atoms with Gasteiger partial charge < -0.3 is 16.5 Å². The Kier molecular flexibility index (Phi) is 2.78. The van der Waals surface area contributed by atoms with Crippen LogP contribution in [-0.2, 0) is 0 Å². The van der Waals surface area contributed by atoms with E-state index in [9.17, 15) is 4.79 Å². The molecule has 0 unspecified atom stereocenters. The van der Waals surface area contributed by atoms with Crippen LogP contribution in [0.15, 0.2) is 39.5 Å². The van der Waals surface area contributed by atoms with Crippen molar-refractivity contribution in [3.8, 4) is 0 Å². The van der Waals surface area contributed by atoms with E-state index >= 15 is 0 Å². The van der Waals surface area contributed by atoms with Crippen molar-refractivity contribution in [1.29, 1.82) is 0 Å². The first-order valence-electron chi connectivity index (χ1n) is 4.39. The van der Waals surface area contributed by atoms with Crippen LogP contribution in [0.25, 0.3) is 0 Å². The molecule has 0 aliphatic rings. The summed E-state index contributed by atoms with van der Waals surface area (Å²) in [5, 5.41) is 0.432. The summed E-state index contributed by atoms with van der Waals surface area (Å²) in [7, 11) is 0. The second kappa shape index (κ2) is 4.23. The Balaban J connectivity index is 2.38. The van der Waals surface area contributed by atoms with Crippen molar-refractivity contribution in [2.75, 3.05) is 11.5 Å². The van der Waals surface area contributed by atoms with E-state index in [1.54, 1.807) is 12.3 Å². The fourth-order valence-electron chi connectivity index (χ4n) is 1.07. The molecule has 0 bridgehead atoms. The number of nitrogens with two attached hydrogens (primary N) is 2. The lowest BCUT2D eigenvalue weighted by Gasteiger charge is -2.04. The van der Waals surface area contributed by atoms with Crippen molar-refractivity contribution in [3.63, 3.8) is 0 Å². The Labute approximate surface area is 95.1 Å². The molecule has 0 atom stereocenters. The van der Waals surface area contributed by atoms with E-state index in [1.165, 1.54) is 24.3 Å². The third-order valence-electron chi connectivity index (χ3n) is 1.87. The number of anilines is 2. The molecular formula is C9H9N5OS. The van der Waals surface area contributed by atoms with Gasteiger partial charge in [-0.2, -0.15) is 0 Å². The summed E-state index contributed by atoms with van der Waals surface area (Å²) in [6, 6.07) is 1.74. The molecule has 0 fully saturated rings. The van der Waals surface area contributed by atoms with Gasteiger partial charge in [-0.1, -0.05) is 11.8 Å². The highest BCUT2D eigenvalue weighted by atomic mass is 32.2. The normalized spacial score (nSPS) is 10.2. The molecule has 0 amide bonds. The van der Waals surface area contributed by atoms with Crippen LogP contribution < -0.4 is 17.0 Å². The summed E-state index contributed by atoms with van der Waals surface area (Å²) in [4.78, 5) is 22.2. The number of H-pyrrole nitrogens is 1. The number of aromatic nitrogens is 3. The number of aromatic amines is 1. The molecule has 2 aromatic heterocycles. The number of nitrogens with zero attached hydrogens (tertiary/aromatic N) is 2. The zero-order valence-electron chi connectivity index (χ0n) is 8.18. The van der Waals surface area contributed by atoms with Crippen molar-refractivity contribution in [1.82, 2.24) is 15.0 Å². The summed E-state index contributed by atoms with van der Waals surface area (Å²) in [6.45, 7) is 0. The van der Waals surface area contributed by atoms with E-state index < -0.39 is 0 Å². The molecule has 6 nitrogen and oxygen atoms in total. The van der Waals surface area contributed by atoms with Crippen molar-refractivity contribution < 1.29 is 0 Å². The number of nitrogen functional groups attached to an aromatic ring is 2. The van der Waals surface area contributed by atoms with Crippen LogP contribution in [0.1, 0.15) is 0 Å². The lowest BCUT2D eigenvalue weighted by molar-refractivity contribution is 1.02. The Hall–Kier alpha value is -2.02. The minimum absolute atomic E-state index is 0.0868. The fourth-order valence-corrected chi connectivity index (χ4v) is 1.88. The van der Waals surface area contributed by atoms with Crippen molar-refractivity contribution in [2.45, 2.75) is 9.92 Å². The van der Waals surface area contributed by atoms with Crippen LogP contribution in [-0.4, -0.2) is 15.0 Å². The Morgan fingerprint density at radius 3 is 2.94 bits per heavy atom. The third kappa shape index (κ3) is 1.98. The SMILES string of the molecule is Nc1cnccc1Sc1nc[nH]c(=O)c1N. The number of hydrogen-bond acceptors (Lipinski definition) is 6. The lowest BCUT2D eigenvalue weighted by Crippen LogP contribution is -2.13. The first-order chi connectivity index (χ1) is 7.68. The number of pyridine rings is 1. The first-order valence-corrected chi connectivity index (χ1v) is 5.20. The molecule has 16 heavy (non-hydrogen) atoms. The molecule has 7 heteroatoms. The summed E-state index contributed by atoms with van der Waals surface area (Å²) >= 11 is 1.23. The summed E-state index contributed by atoms with van der Waals surface area (Å²) in [6.07, 6.45) is 4.45. The molecule has 82 valence electrons. The van der Waals surface area contributed by atoms with Gasteiger partial charge in [0.2, 0.25) is 0 Å². The molecule has 2 aromatic rings.